The Labute approximate surface area is 97.6 Å². The first kappa shape index (κ1) is 11.2. The van der Waals surface area contributed by atoms with E-state index >= 15 is 0 Å². The Bertz CT molecular complexity index is 519. The highest BCUT2D eigenvalue weighted by Gasteiger charge is 2.22. The van der Waals surface area contributed by atoms with Gasteiger partial charge >= 0.3 is 11.9 Å². The molecule has 0 amide bonds. The van der Waals surface area contributed by atoms with Crippen LogP contribution in [0.15, 0.2) is 34.9 Å². The fourth-order valence-electron chi connectivity index (χ4n) is 1.58. The lowest BCUT2D eigenvalue weighted by molar-refractivity contribution is 0.0684. The molecule has 1 heterocycles. The predicted molar refractivity (Wildman–Crippen MR) is 59.3 cm³/mol. The molecule has 0 bridgehead atoms. The lowest BCUT2D eigenvalue weighted by atomic mass is 10.1. The summed E-state index contributed by atoms with van der Waals surface area (Å²) in [5, 5.41) is 12.5. The first-order valence-electron chi connectivity index (χ1n) is 5.02. The Morgan fingerprint density at radius 1 is 1.41 bits per heavy atom. The van der Waals surface area contributed by atoms with Gasteiger partial charge in [-0.1, -0.05) is 35.5 Å². The van der Waals surface area contributed by atoms with Gasteiger partial charge in [-0.25, -0.2) is 4.79 Å². The first-order chi connectivity index (χ1) is 8.22. The summed E-state index contributed by atoms with van der Waals surface area (Å²) < 4.78 is 9.78. The number of rotatable bonds is 4. The Hall–Kier alpha value is -2.30. The average molecular weight is 233 g/mol. The molecular formula is C12H11NO4. The molecule has 17 heavy (non-hydrogen) atoms. The molecule has 88 valence electrons. The van der Waals surface area contributed by atoms with E-state index in [1.54, 1.807) is 0 Å². The van der Waals surface area contributed by atoms with E-state index in [2.05, 4.69) is 5.16 Å². The summed E-state index contributed by atoms with van der Waals surface area (Å²) in [7, 11) is 1.42. The molecule has 1 N–H and O–H groups in total. The number of nitrogens with zero attached hydrogens (tertiary/aromatic N) is 1. The number of methoxy groups -OCH3 is 1. The second-order valence-corrected chi connectivity index (χ2v) is 3.47. The number of aromatic nitrogens is 1. The van der Waals surface area contributed by atoms with Gasteiger partial charge in [0.05, 0.1) is 12.7 Å². The van der Waals surface area contributed by atoms with Crippen LogP contribution in [0.1, 0.15) is 21.6 Å². The van der Waals surface area contributed by atoms with Crippen molar-refractivity contribution in [2.75, 3.05) is 7.11 Å². The lowest BCUT2D eigenvalue weighted by Crippen LogP contribution is -2.02. The molecule has 1 aromatic heterocycles. The number of carboxylic acids is 1. The van der Waals surface area contributed by atoms with E-state index in [-0.39, 0.29) is 11.6 Å². The molecule has 0 fully saturated rings. The zero-order chi connectivity index (χ0) is 12.3. The highest BCUT2D eigenvalue weighted by Crippen LogP contribution is 2.25. The van der Waals surface area contributed by atoms with E-state index in [1.807, 2.05) is 30.3 Å². The molecule has 2 aromatic rings. The van der Waals surface area contributed by atoms with Gasteiger partial charge in [0, 0.05) is 6.42 Å². The van der Waals surface area contributed by atoms with Crippen LogP contribution in [-0.4, -0.2) is 23.3 Å². The van der Waals surface area contributed by atoms with E-state index in [1.165, 1.54) is 7.11 Å². The molecule has 5 nitrogen and oxygen atoms in total. The Morgan fingerprint density at radius 2 is 2.12 bits per heavy atom. The second-order valence-electron chi connectivity index (χ2n) is 3.47. The van der Waals surface area contributed by atoms with Crippen molar-refractivity contribution in [1.82, 2.24) is 5.16 Å². The quantitative estimate of drug-likeness (QED) is 0.874. The number of carbonyl (C=O) groups is 1. The maximum absolute atomic E-state index is 11.0. The molecule has 0 saturated heterocycles. The van der Waals surface area contributed by atoms with Gasteiger partial charge in [-0.3, -0.25) is 0 Å². The summed E-state index contributed by atoms with van der Waals surface area (Å²) in [5.41, 5.74) is 1.31. The molecule has 1 aromatic carbocycles. The van der Waals surface area contributed by atoms with Gasteiger partial charge in [-0.15, -0.1) is 0 Å². The van der Waals surface area contributed by atoms with Crippen LogP contribution < -0.4 is 4.74 Å². The van der Waals surface area contributed by atoms with E-state index in [4.69, 9.17) is 14.4 Å². The van der Waals surface area contributed by atoms with Gasteiger partial charge in [0.1, 0.15) is 0 Å². The van der Waals surface area contributed by atoms with Crippen LogP contribution in [0.3, 0.4) is 0 Å². The van der Waals surface area contributed by atoms with E-state index < -0.39 is 5.97 Å². The first-order valence-corrected chi connectivity index (χ1v) is 5.02. The highest BCUT2D eigenvalue weighted by atomic mass is 16.6. The van der Waals surface area contributed by atoms with Crippen molar-refractivity contribution >= 4 is 5.97 Å². The smallest absolute Gasteiger partial charge is 0.358 e. The standard InChI is InChI=1S/C12H11NO4/c1-16-12-9(10(11(14)15)13-17-12)7-8-5-3-2-4-6-8/h2-6H,7H2,1H3,(H,14,15). The molecule has 0 spiro atoms. The molecular weight excluding hydrogens is 222 g/mol. The van der Waals surface area contributed by atoms with Crippen molar-refractivity contribution in [3.05, 3.63) is 47.2 Å². The Morgan fingerprint density at radius 3 is 2.71 bits per heavy atom. The topological polar surface area (TPSA) is 72.6 Å². The fraction of sp³-hybridized carbons (Fsp3) is 0.167. The average Bonchev–Trinajstić information content (AvgIpc) is 2.73. The lowest BCUT2D eigenvalue weighted by Gasteiger charge is -2.01. The predicted octanol–water partition coefficient (Wildman–Crippen LogP) is 1.97. The summed E-state index contributed by atoms with van der Waals surface area (Å²) in [6.45, 7) is 0. The van der Waals surface area contributed by atoms with Crippen LogP contribution >= 0.6 is 0 Å². The van der Waals surface area contributed by atoms with Gasteiger partial charge in [0.25, 0.3) is 0 Å². The van der Waals surface area contributed by atoms with Gasteiger partial charge in [-0.2, -0.15) is 0 Å². The molecule has 2 rings (SSSR count). The van der Waals surface area contributed by atoms with Gasteiger partial charge in [0.15, 0.2) is 5.69 Å². The second kappa shape index (κ2) is 4.69. The van der Waals surface area contributed by atoms with Crippen molar-refractivity contribution < 1.29 is 19.2 Å². The molecule has 0 saturated carbocycles. The number of carboxylic acid groups (broad SMARTS) is 1. The SMILES string of the molecule is COc1onc(C(=O)O)c1Cc1ccccc1. The highest BCUT2D eigenvalue weighted by molar-refractivity contribution is 5.87. The van der Waals surface area contributed by atoms with Gasteiger partial charge in [-0.05, 0) is 5.56 Å². The molecule has 0 atom stereocenters. The van der Waals surface area contributed by atoms with Crippen LogP contribution in [0.4, 0.5) is 0 Å². The van der Waals surface area contributed by atoms with Crippen LogP contribution in [0.5, 0.6) is 5.95 Å². The van der Waals surface area contributed by atoms with Crippen LogP contribution in [0.2, 0.25) is 0 Å². The minimum absolute atomic E-state index is 0.106. The minimum atomic E-state index is -1.12. The molecule has 0 aliphatic rings. The number of aromatic carboxylic acids is 1. The van der Waals surface area contributed by atoms with Crippen LogP contribution in [0, 0.1) is 0 Å². The summed E-state index contributed by atoms with van der Waals surface area (Å²) in [5.74, 6) is -0.978. The minimum Gasteiger partial charge on any atom is -0.476 e. The third-order valence-electron chi connectivity index (χ3n) is 2.36. The molecule has 5 heteroatoms. The maximum Gasteiger partial charge on any atom is 0.358 e. The van der Waals surface area contributed by atoms with Crippen LogP contribution in [-0.2, 0) is 6.42 Å². The van der Waals surface area contributed by atoms with Crippen molar-refractivity contribution in [3.8, 4) is 5.95 Å². The fourth-order valence-corrected chi connectivity index (χ4v) is 1.58. The summed E-state index contributed by atoms with van der Waals surface area (Å²) in [6.07, 6.45) is 0.412. The number of benzene rings is 1. The number of hydrogen-bond donors (Lipinski definition) is 1. The third kappa shape index (κ3) is 2.28. The van der Waals surface area contributed by atoms with Crippen molar-refractivity contribution in [3.63, 3.8) is 0 Å². The van der Waals surface area contributed by atoms with E-state index in [9.17, 15) is 4.79 Å². The van der Waals surface area contributed by atoms with Crippen molar-refractivity contribution in [2.24, 2.45) is 0 Å². The third-order valence-corrected chi connectivity index (χ3v) is 2.36. The zero-order valence-electron chi connectivity index (χ0n) is 9.21. The Kier molecular flexibility index (Phi) is 3.09. The Balaban J connectivity index is 2.37. The monoisotopic (exact) mass is 233 g/mol. The molecule has 0 aliphatic heterocycles. The van der Waals surface area contributed by atoms with E-state index in [0.717, 1.165) is 5.56 Å². The van der Waals surface area contributed by atoms with Crippen molar-refractivity contribution in [2.45, 2.75) is 6.42 Å². The summed E-state index contributed by atoms with van der Waals surface area (Å²) in [4.78, 5) is 11.0. The maximum atomic E-state index is 11.0. The van der Waals surface area contributed by atoms with Crippen LogP contribution in [0.25, 0.3) is 0 Å². The largest absolute Gasteiger partial charge is 0.476 e. The van der Waals surface area contributed by atoms with Gasteiger partial charge in [0.2, 0.25) is 0 Å². The zero-order valence-corrected chi connectivity index (χ0v) is 9.21. The summed E-state index contributed by atoms with van der Waals surface area (Å²) >= 11 is 0. The normalized spacial score (nSPS) is 10.2. The molecule has 0 unspecified atom stereocenters. The van der Waals surface area contributed by atoms with Gasteiger partial charge < -0.3 is 14.4 Å². The molecule has 0 radical (unpaired) electrons. The number of hydrogen-bond acceptors (Lipinski definition) is 4. The number of ether oxygens (including phenoxy) is 1. The van der Waals surface area contributed by atoms with E-state index in [0.29, 0.717) is 12.0 Å². The summed E-state index contributed by atoms with van der Waals surface area (Å²) in [6, 6.07) is 9.47. The van der Waals surface area contributed by atoms with Crippen molar-refractivity contribution in [1.29, 1.82) is 0 Å². The molecule has 0 aliphatic carbocycles.